The number of amides is 2. The number of hydrogen-bond acceptors (Lipinski definition) is 4. The summed E-state index contributed by atoms with van der Waals surface area (Å²) < 4.78 is 11.3. The Labute approximate surface area is 175 Å². The van der Waals surface area contributed by atoms with Gasteiger partial charge in [-0.25, -0.2) is 0 Å². The van der Waals surface area contributed by atoms with Crippen LogP contribution in [0.2, 0.25) is 0 Å². The Balaban J connectivity index is 3.12. The first kappa shape index (κ1) is 24.8. The summed E-state index contributed by atoms with van der Waals surface area (Å²) in [6.45, 7) is 13.8. The lowest BCUT2D eigenvalue weighted by atomic mass is 9.94. The molecule has 2 N–H and O–H groups in total. The second kappa shape index (κ2) is 10.5. The van der Waals surface area contributed by atoms with Gasteiger partial charge in [0.2, 0.25) is 11.8 Å². The van der Waals surface area contributed by atoms with Crippen LogP contribution in [0.1, 0.15) is 79.5 Å². The van der Waals surface area contributed by atoms with E-state index < -0.39 is 17.0 Å². The Morgan fingerprint density at radius 2 is 1.48 bits per heavy atom. The number of ether oxygens (including phenoxy) is 2. The number of unbranched alkanes of at least 4 members (excludes halogenated alkanes) is 2. The van der Waals surface area contributed by atoms with Gasteiger partial charge >= 0.3 is 0 Å². The number of carbonyl (C=O) groups excluding carboxylic acids is 2. The van der Waals surface area contributed by atoms with Gasteiger partial charge in [-0.15, -0.1) is 0 Å². The molecular formula is C23H38N2O4. The minimum absolute atomic E-state index is 0.157. The standard InChI is InChI=1S/C23H38N2O4/c1-9-10-11-14-29-17-13-12-16(15-18(17)28-8)19(24-20(26)22(2,3)4)25-21(27)23(5,6)7/h12-13,15,19H,9-11,14H2,1-8H3,(H,24,26)(H,25,27). The molecule has 2 amide bonds. The van der Waals surface area contributed by atoms with Crippen molar-refractivity contribution in [1.29, 1.82) is 0 Å². The van der Waals surface area contributed by atoms with Gasteiger partial charge in [-0.3, -0.25) is 9.59 Å². The van der Waals surface area contributed by atoms with Crippen molar-refractivity contribution >= 4 is 11.8 Å². The van der Waals surface area contributed by atoms with E-state index in [0.29, 0.717) is 18.1 Å². The van der Waals surface area contributed by atoms with Gasteiger partial charge in [-0.2, -0.15) is 0 Å². The molecule has 0 spiro atoms. The van der Waals surface area contributed by atoms with Crippen molar-refractivity contribution in [2.75, 3.05) is 13.7 Å². The lowest BCUT2D eigenvalue weighted by molar-refractivity contribution is -0.132. The predicted octanol–water partition coefficient (Wildman–Crippen LogP) is 4.59. The third kappa shape index (κ3) is 7.95. The molecule has 29 heavy (non-hydrogen) atoms. The molecule has 6 heteroatoms. The summed E-state index contributed by atoms with van der Waals surface area (Å²) in [7, 11) is 1.58. The topological polar surface area (TPSA) is 76.7 Å². The monoisotopic (exact) mass is 406 g/mol. The van der Waals surface area contributed by atoms with Crippen LogP contribution in [-0.4, -0.2) is 25.5 Å². The first-order valence-corrected chi connectivity index (χ1v) is 10.3. The molecule has 0 radical (unpaired) electrons. The average Bonchev–Trinajstić information content (AvgIpc) is 2.63. The molecule has 0 aliphatic rings. The zero-order valence-corrected chi connectivity index (χ0v) is 19.3. The molecular weight excluding hydrogens is 368 g/mol. The van der Waals surface area contributed by atoms with Crippen LogP contribution in [0.5, 0.6) is 11.5 Å². The third-order valence-electron chi connectivity index (χ3n) is 4.44. The summed E-state index contributed by atoms with van der Waals surface area (Å²) in [4.78, 5) is 25.2. The van der Waals surface area contributed by atoms with E-state index in [1.54, 1.807) is 13.2 Å². The van der Waals surface area contributed by atoms with Gasteiger partial charge in [0.05, 0.1) is 13.7 Å². The van der Waals surface area contributed by atoms with Crippen LogP contribution < -0.4 is 20.1 Å². The molecule has 1 aromatic rings. The van der Waals surface area contributed by atoms with Crippen molar-refractivity contribution in [2.45, 2.75) is 73.9 Å². The number of hydrogen-bond donors (Lipinski definition) is 2. The first-order valence-electron chi connectivity index (χ1n) is 10.3. The lowest BCUT2D eigenvalue weighted by Gasteiger charge is -2.28. The van der Waals surface area contributed by atoms with E-state index >= 15 is 0 Å². The largest absolute Gasteiger partial charge is 0.493 e. The fourth-order valence-corrected chi connectivity index (χ4v) is 2.42. The van der Waals surface area contributed by atoms with Crippen molar-refractivity contribution in [3.05, 3.63) is 23.8 Å². The number of nitrogens with one attached hydrogen (secondary N) is 2. The normalized spacial score (nSPS) is 11.9. The summed E-state index contributed by atoms with van der Waals surface area (Å²) in [5.74, 6) is 0.903. The maximum atomic E-state index is 12.6. The first-order chi connectivity index (χ1) is 13.4. The van der Waals surface area contributed by atoms with Crippen molar-refractivity contribution in [3.8, 4) is 11.5 Å². The Bertz CT molecular complexity index is 659. The fourth-order valence-electron chi connectivity index (χ4n) is 2.42. The molecule has 6 nitrogen and oxygen atoms in total. The van der Waals surface area contributed by atoms with Crippen molar-refractivity contribution < 1.29 is 19.1 Å². The highest BCUT2D eigenvalue weighted by molar-refractivity contribution is 5.84. The van der Waals surface area contributed by atoms with Gasteiger partial charge in [0, 0.05) is 10.8 Å². The minimum Gasteiger partial charge on any atom is -0.493 e. The second-order valence-electron chi connectivity index (χ2n) is 9.35. The zero-order chi connectivity index (χ0) is 22.2. The van der Waals surface area contributed by atoms with Crippen LogP contribution in [0, 0.1) is 10.8 Å². The van der Waals surface area contributed by atoms with Gasteiger partial charge < -0.3 is 20.1 Å². The average molecular weight is 407 g/mol. The molecule has 164 valence electrons. The Hall–Kier alpha value is -2.24. The fraction of sp³-hybridized carbons (Fsp3) is 0.652. The Morgan fingerprint density at radius 1 is 0.931 bits per heavy atom. The Kier molecular flexibility index (Phi) is 8.99. The SMILES string of the molecule is CCCCCOc1ccc(C(NC(=O)C(C)(C)C)NC(=O)C(C)(C)C)cc1OC. The van der Waals surface area contributed by atoms with E-state index in [-0.39, 0.29) is 11.8 Å². The van der Waals surface area contributed by atoms with Gasteiger partial charge in [0.25, 0.3) is 0 Å². The van der Waals surface area contributed by atoms with Crippen LogP contribution in [0.15, 0.2) is 18.2 Å². The molecule has 0 heterocycles. The number of benzene rings is 1. The molecule has 1 aromatic carbocycles. The molecule has 0 saturated carbocycles. The third-order valence-corrected chi connectivity index (χ3v) is 4.44. The van der Waals surface area contributed by atoms with Crippen molar-refractivity contribution in [3.63, 3.8) is 0 Å². The summed E-state index contributed by atoms with van der Waals surface area (Å²) in [6.07, 6.45) is 2.55. The molecule has 0 fully saturated rings. The molecule has 0 bridgehead atoms. The van der Waals surface area contributed by atoms with E-state index in [1.807, 2.05) is 53.7 Å². The molecule has 0 saturated heterocycles. The van der Waals surface area contributed by atoms with E-state index in [4.69, 9.17) is 9.47 Å². The quantitative estimate of drug-likeness (QED) is 0.465. The summed E-state index contributed by atoms with van der Waals surface area (Å²) >= 11 is 0. The molecule has 0 aromatic heterocycles. The second-order valence-corrected chi connectivity index (χ2v) is 9.35. The molecule has 0 atom stereocenters. The van der Waals surface area contributed by atoms with Crippen LogP contribution in [-0.2, 0) is 9.59 Å². The van der Waals surface area contributed by atoms with Gasteiger partial charge in [0.1, 0.15) is 6.17 Å². The molecule has 0 unspecified atom stereocenters. The van der Waals surface area contributed by atoms with E-state index in [0.717, 1.165) is 24.8 Å². The van der Waals surface area contributed by atoms with E-state index in [2.05, 4.69) is 17.6 Å². The summed E-state index contributed by atoms with van der Waals surface area (Å²) in [5.41, 5.74) is -0.452. The zero-order valence-electron chi connectivity index (χ0n) is 19.3. The molecule has 0 aliphatic heterocycles. The highest BCUT2D eigenvalue weighted by Gasteiger charge is 2.29. The van der Waals surface area contributed by atoms with Crippen molar-refractivity contribution in [2.24, 2.45) is 10.8 Å². The van der Waals surface area contributed by atoms with Crippen LogP contribution >= 0.6 is 0 Å². The predicted molar refractivity (Wildman–Crippen MR) is 116 cm³/mol. The maximum Gasteiger partial charge on any atom is 0.227 e. The number of carbonyl (C=O) groups is 2. The van der Waals surface area contributed by atoms with Crippen LogP contribution in [0.4, 0.5) is 0 Å². The minimum atomic E-state index is -0.670. The smallest absolute Gasteiger partial charge is 0.227 e. The number of rotatable bonds is 9. The van der Waals surface area contributed by atoms with E-state index in [1.165, 1.54) is 0 Å². The maximum absolute atomic E-state index is 12.6. The Morgan fingerprint density at radius 3 is 1.93 bits per heavy atom. The number of methoxy groups -OCH3 is 1. The van der Waals surface area contributed by atoms with Crippen molar-refractivity contribution in [1.82, 2.24) is 10.6 Å². The summed E-state index contributed by atoms with van der Waals surface area (Å²) in [6, 6.07) is 5.46. The van der Waals surface area contributed by atoms with Crippen LogP contribution in [0.25, 0.3) is 0 Å². The molecule has 1 rings (SSSR count). The molecule has 0 aliphatic carbocycles. The summed E-state index contributed by atoms with van der Waals surface area (Å²) in [5, 5.41) is 5.88. The highest BCUT2D eigenvalue weighted by Crippen LogP contribution is 2.31. The lowest BCUT2D eigenvalue weighted by Crippen LogP contribution is -2.47. The highest BCUT2D eigenvalue weighted by atomic mass is 16.5. The van der Waals surface area contributed by atoms with Crippen LogP contribution in [0.3, 0.4) is 0 Å². The van der Waals surface area contributed by atoms with Gasteiger partial charge in [-0.05, 0) is 24.1 Å². The van der Waals surface area contributed by atoms with Gasteiger partial charge in [-0.1, -0.05) is 67.4 Å². The van der Waals surface area contributed by atoms with E-state index in [9.17, 15) is 9.59 Å². The van der Waals surface area contributed by atoms with Gasteiger partial charge in [0.15, 0.2) is 11.5 Å².